The van der Waals surface area contributed by atoms with Gasteiger partial charge in [0.2, 0.25) is 0 Å². The van der Waals surface area contributed by atoms with Crippen LogP contribution in [0.5, 0.6) is 0 Å². The quantitative estimate of drug-likeness (QED) is 0.558. The Hall–Kier alpha value is -0.0400. The third kappa shape index (κ3) is 1.10. The van der Waals surface area contributed by atoms with Crippen molar-refractivity contribution in [2.24, 2.45) is 5.92 Å². The zero-order valence-electron chi connectivity index (χ0n) is 7.71. The van der Waals surface area contributed by atoms with Crippen LogP contribution in [-0.4, -0.2) is 23.5 Å². The molecule has 2 heterocycles. The van der Waals surface area contributed by atoms with Gasteiger partial charge in [-0.1, -0.05) is 13.3 Å². The maximum atomic E-state index is 2.73. The molecule has 11 heavy (non-hydrogen) atoms. The molecule has 0 aliphatic carbocycles. The lowest BCUT2D eigenvalue weighted by molar-refractivity contribution is 0.237. The molecule has 0 aromatic carbocycles. The lowest BCUT2D eigenvalue weighted by atomic mass is 9.96. The lowest BCUT2D eigenvalue weighted by Gasteiger charge is -2.22. The monoisotopic (exact) mass is 153 g/mol. The molecule has 0 aromatic rings. The van der Waals surface area contributed by atoms with Crippen molar-refractivity contribution in [2.45, 2.75) is 51.6 Å². The van der Waals surface area contributed by atoms with Crippen LogP contribution in [0.15, 0.2) is 0 Å². The van der Waals surface area contributed by atoms with E-state index < -0.39 is 0 Å². The Morgan fingerprint density at radius 2 is 2.09 bits per heavy atom. The second-order valence-corrected chi connectivity index (χ2v) is 4.19. The van der Waals surface area contributed by atoms with Gasteiger partial charge in [0.1, 0.15) is 0 Å². The first-order valence-corrected chi connectivity index (χ1v) is 5.08. The Morgan fingerprint density at radius 3 is 2.82 bits per heavy atom. The maximum Gasteiger partial charge on any atom is 0.0127 e. The predicted octanol–water partition coefficient (Wildman–Crippen LogP) is 2.27. The summed E-state index contributed by atoms with van der Waals surface area (Å²) in [5.41, 5.74) is 0. The molecule has 0 bridgehead atoms. The van der Waals surface area contributed by atoms with Gasteiger partial charge in [-0.15, -0.1) is 0 Å². The Bertz CT molecular complexity index is 144. The molecule has 2 aliphatic rings. The normalized spacial score (nSPS) is 44.7. The summed E-state index contributed by atoms with van der Waals surface area (Å²) < 4.78 is 0. The highest BCUT2D eigenvalue weighted by Gasteiger charge is 2.39. The minimum absolute atomic E-state index is 0.886. The Morgan fingerprint density at radius 1 is 1.27 bits per heavy atom. The third-order valence-electron chi connectivity index (χ3n) is 3.70. The summed E-state index contributed by atoms with van der Waals surface area (Å²) in [7, 11) is 0. The summed E-state index contributed by atoms with van der Waals surface area (Å²) >= 11 is 0. The summed E-state index contributed by atoms with van der Waals surface area (Å²) in [6.45, 7) is 6.11. The second kappa shape index (κ2) is 2.78. The van der Waals surface area contributed by atoms with Crippen LogP contribution in [0.3, 0.4) is 0 Å². The first kappa shape index (κ1) is 7.60. The van der Waals surface area contributed by atoms with Crippen LogP contribution in [-0.2, 0) is 0 Å². The maximum absolute atomic E-state index is 2.73. The molecule has 0 N–H and O–H groups in total. The Labute approximate surface area is 69.8 Å². The number of fused-ring (bicyclic) bond motifs is 1. The van der Waals surface area contributed by atoms with E-state index in [1.807, 2.05) is 0 Å². The molecule has 0 aromatic heterocycles. The van der Waals surface area contributed by atoms with Crippen LogP contribution in [0.1, 0.15) is 39.5 Å². The Balaban J connectivity index is 2.04. The van der Waals surface area contributed by atoms with Crippen LogP contribution >= 0.6 is 0 Å². The zero-order valence-corrected chi connectivity index (χ0v) is 7.71. The minimum Gasteiger partial charge on any atom is -0.297 e. The number of hydrogen-bond acceptors (Lipinski definition) is 1. The largest absolute Gasteiger partial charge is 0.297 e. The molecule has 2 saturated heterocycles. The van der Waals surface area contributed by atoms with E-state index in [-0.39, 0.29) is 0 Å². The predicted molar refractivity (Wildman–Crippen MR) is 47.6 cm³/mol. The van der Waals surface area contributed by atoms with Gasteiger partial charge >= 0.3 is 0 Å². The standard InChI is InChI=1S/C10H19N/c1-3-9-6-7-11-8(2)4-5-10(9)11/h8-10H,3-7H2,1-2H3. The molecule has 1 nitrogen and oxygen atoms in total. The van der Waals surface area contributed by atoms with Crippen molar-refractivity contribution in [3.8, 4) is 0 Å². The van der Waals surface area contributed by atoms with Gasteiger partial charge in [-0.2, -0.15) is 0 Å². The smallest absolute Gasteiger partial charge is 0.0127 e. The van der Waals surface area contributed by atoms with Gasteiger partial charge in [0.15, 0.2) is 0 Å². The van der Waals surface area contributed by atoms with Gasteiger partial charge in [0.25, 0.3) is 0 Å². The van der Waals surface area contributed by atoms with Crippen molar-refractivity contribution >= 4 is 0 Å². The molecule has 2 aliphatic heterocycles. The third-order valence-corrected chi connectivity index (χ3v) is 3.70. The molecule has 0 spiro atoms. The van der Waals surface area contributed by atoms with E-state index >= 15 is 0 Å². The highest BCUT2D eigenvalue weighted by molar-refractivity contribution is 4.94. The van der Waals surface area contributed by atoms with E-state index in [1.54, 1.807) is 0 Å². The topological polar surface area (TPSA) is 3.24 Å². The number of hydrogen-bond donors (Lipinski definition) is 0. The van der Waals surface area contributed by atoms with Crippen LogP contribution in [0.4, 0.5) is 0 Å². The van der Waals surface area contributed by atoms with Crippen molar-refractivity contribution < 1.29 is 0 Å². The number of rotatable bonds is 1. The van der Waals surface area contributed by atoms with Crippen LogP contribution < -0.4 is 0 Å². The van der Waals surface area contributed by atoms with Crippen molar-refractivity contribution in [3.05, 3.63) is 0 Å². The summed E-state index contributed by atoms with van der Waals surface area (Å²) in [6, 6.07) is 1.85. The van der Waals surface area contributed by atoms with Gasteiger partial charge < -0.3 is 0 Å². The summed E-state index contributed by atoms with van der Waals surface area (Å²) in [6.07, 6.45) is 5.78. The average Bonchev–Trinajstić information content (AvgIpc) is 2.53. The first-order valence-electron chi connectivity index (χ1n) is 5.08. The van der Waals surface area contributed by atoms with Crippen molar-refractivity contribution in [3.63, 3.8) is 0 Å². The van der Waals surface area contributed by atoms with Gasteiger partial charge in [-0.3, -0.25) is 4.90 Å². The molecule has 0 radical (unpaired) electrons. The first-order chi connectivity index (χ1) is 5.33. The highest BCUT2D eigenvalue weighted by atomic mass is 15.2. The fourth-order valence-corrected chi connectivity index (χ4v) is 2.95. The minimum atomic E-state index is 0.886. The summed E-state index contributed by atoms with van der Waals surface area (Å²) in [5.74, 6) is 1.03. The second-order valence-electron chi connectivity index (χ2n) is 4.19. The van der Waals surface area contributed by atoms with Gasteiger partial charge in [0, 0.05) is 12.1 Å². The van der Waals surface area contributed by atoms with E-state index in [0.29, 0.717) is 0 Å². The van der Waals surface area contributed by atoms with Crippen LogP contribution in [0.25, 0.3) is 0 Å². The lowest BCUT2D eigenvalue weighted by Crippen LogP contribution is -2.30. The van der Waals surface area contributed by atoms with E-state index in [1.165, 1.54) is 32.2 Å². The molecule has 0 amide bonds. The fourth-order valence-electron chi connectivity index (χ4n) is 2.95. The van der Waals surface area contributed by atoms with Crippen molar-refractivity contribution in [1.29, 1.82) is 0 Å². The van der Waals surface area contributed by atoms with Crippen LogP contribution in [0.2, 0.25) is 0 Å². The molecule has 2 rings (SSSR count). The molecule has 1 heteroatoms. The molecule has 64 valence electrons. The van der Waals surface area contributed by atoms with Gasteiger partial charge in [-0.05, 0) is 38.6 Å². The summed E-state index contributed by atoms with van der Waals surface area (Å²) in [5, 5.41) is 0. The van der Waals surface area contributed by atoms with Gasteiger partial charge in [0.05, 0.1) is 0 Å². The molecule has 3 unspecified atom stereocenters. The van der Waals surface area contributed by atoms with E-state index in [9.17, 15) is 0 Å². The van der Waals surface area contributed by atoms with Crippen molar-refractivity contribution in [2.75, 3.05) is 6.54 Å². The van der Waals surface area contributed by atoms with Crippen molar-refractivity contribution in [1.82, 2.24) is 4.90 Å². The van der Waals surface area contributed by atoms with E-state index in [0.717, 1.165) is 18.0 Å². The SMILES string of the molecule is CCC1CCN2C(C)CCC12. The molecular weight excluding hydrogens is 134 g/mol. The summed E-state index contributed by atoms with van der Waals surface area (Å²) in [4.78, 5) is 2.73. The average molecular weight is 153 g/mol. The van der Waals surface area contributed by atoms with E-state index in [4.69, 9.17) is 0 Å². The zero-order chi connectivity index (χ0) is 7.84. The molecule has 3 atom stereocenters. The molecular formula is C10H19N. The molecule has 0 saturated carbocycles. The van der Waals surface area contributed by atoms with Gasteiger partial charge in [-0.25, -0.2) is 0 Å². The van der Waals surface area contributed by atoms with Crippen LogP contribution in [0, 0.1) is 5.92 Å². The van der Waals surface area contributed by atoms with E-state index in [2.05, 4.69) is 18.7 Å². The molecule has 2 fully saturated rings. The Kier molecular flexibility index (Phi) is 1.92. The highest BCUT2D eigenvalue weighted by Crippen LogP contribution is 2.37. The number of nitrogens with zero attached hydrogens (tertiary/aromatic N) is 1. The fraction of sp³-hybridized carbons (Fsp3) is 1.00.